The van der Waals surface area contributed by atoms with E-state index in [-0.39, 0.29) is 10.5 Å². The summed E-state index contributed by atoms with van der Waals surface area (Å²) in [6.45, 7) is 11.6. The Kier molecular flexibility index (Phi) is 4.57. The minimum atomic E-state index is 0.171. The number of benzene rings is 1. The van der Waals surface area contributed by atoms with Gasteiger partial charge in [-0.25, -0.2) is 0 Å². The van der Waals surface area contributed by atoms with Crippen LogP contribution in [0.25, 0.3) is 0 Å². The van der Waals surface area contributed by atoms with Gasteiger partial charge in [0.15, 0.2) is 0 Å². The highest BCUT2D eigenvalue weighted by atomic mass is 28.2. The third-order valence-electron chi connectivity index (χ3n) is 5.80. The Labute approximate surface area is 149 Å². The van der Waals surface area contributed by atoms with Gasteiger partial charge in [0.05, 0.1) is 9.52 Å². The van der Waals surface area contributed by atoms with Crippen molar-refractivity contribution in [2.24, 2.45) is 5.41 Å². The molecule has 3 rings (SSSR count). The monoisotopic (exact) mass is 332 g/mol. The molecule has 0 saturated heterocycles. The van der Waals surface area contributed by atoms with E-state index in [0.717, 1.165) is 15.9 Å². The van der Waals surface area contributed by atoms with Crippen molar-refractivity contribution in [2.75, 3.05) is 0 Å². The minimum absolute atomic E-state index is 0.171. The minimum Gasteiger partial charge on any atom is -0.0837 e. The molecule has 2 aliphatic rings. The molecule has 0 amide bonds. The molecule has 2 aliphatic carbocycles. The lowest BCUT2D eigenvalue weighted by Gasteiger charge is -2.39. The Balaban J connectivity index is 2.02. The molecule has 124 valence electrons. The van der Waals surface area contributed by atoms with Gasteiger partial charge >= 0.3 is 0 Å². The second-order valence-corrected chi connectivity index (χ2v) is 9.49. The molecule has 0 heterocycles. The van der Waals surface area contributed by atoms with Crippen molar-refractivity contribution in [1.29, 1.82) is 0 Å². The van der Waals surface area contributed by atoms with Crippen LogP contribution in [0.4, 0.5) is 0 Å². The maximum atomic E-state index is 2.57. The standard InChI is InChI=1S/C23H28Si/c1-17-11-7-8-12-21(17)24-23(15-18(2)19(3)20(23)4)16-22(5)13-9-6-10-14-22/h6-13,15H,14,16H2,1-5H3. The van der Waals surface area contributed by atoms with E-state index < -0.39 is 0 Å². The lowest BCUT2D eigenvalue weighted by molar-refractivity contribution is 0.367. The molecule has 1 aromatic carbocycles. The van der Waals surface area contributed by atoms with Gasteiger partial charge < -0.3 is 0 Å². The van der Waals surface area contributed by atoms with Crippen molar-refractivity contribution >= 4 is 14.7 Å². The summed E-state index contributed by atoms with van der Waals surface area (Å²) in [6, 6.07) is 8.90. The van der Waals surface area contributed by atoms with E-state index in [9.17, 15) is 0 Å². The summed E-state index contributed by atoms with van der Waals surface area (Å²) in [5, 5.41) is 1.68. The molecule has 0 N–H and O–H groups in total. The second-order valence-electron chi connectivity index (χ2n) is 7.81. The molecule has 24 heavy (non-hydrogen) atoms. The van der Waals surface area contributed by atoms with Gasteiger partial charge in [-0.15, -0.1) is 0 Å². The largest absolute Gasteiger partial charge is 0.0983 e. The molecular weight excluding hydrogens is 304 g/mol. The average Bonchev–Trinajstić information content (AvgIpc) is 2.74. The van der Waals surface area contributed by atoms with Gasteiger partial charge in [-0.05, 0) is 51.5 Å². The normalized spacial score (nSPS) is 29.3. The quantitative estimate of drug-likeness (QED) is 0.621. The van der Waals surface area contributed by atoms with Crippen LogP contribution in [0.2, 0.25) is 5.04 Å². The zero-order valence-electron chi connectivity index (χ0n) is 15.6. The van der Waals surface area contributed by atoms with Crippen molar-refractivity contribution in [1.82, 2.24) is 0 Å². The van der Waals surface area contributed by atoms with Crippen LogP contribution in [0.3, 0.4) is 0 Å². The predicted molar refractivity (Wildman–Crippen MR) is 107 cm³/mol. The Morgan fingerprint density at radius 2 is 1.79 bits per heavy atom. The van der Waals surface area contributed by atoms with Crippen LogP contribution in [0.1, 0.15) is 46.1 Å². The molecule has 2 unspecified atom stereocenters. The molecule has 0 fully saturated rings. The lowest BCUT2D eigenvalue weighted by Crippen LogP contribution is -2.34. The predicted octanol–water partition coefficient (Wildman–Crippen LogP) is 5.69. The molecule has 0 aliphatic heterocycles. The first-order valence-electron chi connectivity index (χ1n) is 8.91. The highest BCUT2D eigenvalue weighted by Crippen LogP contribution is 2.54. The maximum absolute atomic E-state index is 2.57. The summed E-state index contributed by atoms with van der Waals surface area (Å²) in [5.74, 6) is 0. The Morgan fingerprint density at radius 3 is 2.38 bits per heavy atom. The van der Waals surface area contributed by atoms with Gasteiger partial charge in [-0.3, -0.25) is 0 Å². The van der Waals surface area contributed by atoms with Crippen molar-refractivity contribution in [2.45, 2.75) is 52.5 Å². The number of aryl methyl sites for hydroxylation is 1. The van der Waals surface area contributed by atoms with E-state index >= 15 is 0 Å². The molecule has 0 aromatic heterocycles. The molecule has 0 bridgehead atoms. The first kappa shape index (κ1) is 17.2. The Morgan fingerprint density at radius 1 is 1.04 bits per heavy atom. The van der Waals surface area contributed by atoms with Crippen molar-refractivity contribution in [3.63, 3.8) is 0 Å². The third kappa shape index (κ3) is 3.15. The first-order valence-corrected chi connectivity index (χ1v) is 9.91. The van der Waals surface area contributed by atoms with E-state index in [1.165, 1.54) is 28.3 Å². The van der Waals surface area contributed by atoms with Gasteiger partial charge in [0.25, 0.3) is 0 Å². The van der Waals surface area contributed by atoms with Crippen LogP contribution in [-0.4, -0.2) is 9.52 Å². The summed E-state index contributed by atoms with van der Waals surface area (Å²) >= 11 is 0. The number of hydrogen-bond acceptors (Lipinski definition) is 0. The molecule has 1 aromatic rings. The molecule has 2 radical (unpaired) electrons. The average molecular weight is 333 g/mol. The van der Waals surface area contributed by atoms with Crippen LogP contribution >= 0.6 is 0 Å². The van der Waals surface area contributed by atoms with E-state index in [4.69, 9.17) is 0 Å². The topological polar surface area (TPSA) is 0 Å². The summed E-state index contributed by atoms with van der Waals surface area (Å²) in [6.07, 6.45) is 14.0. The van der Waals surface area contributed by atoms with Gasteiger partial charge in [0.1, 0.15) is 0 Å². The van der Waals surface area contributed by atoms with Crippen LogP contribution < -0.4 is 5.19 Å². The van der Waals surface area contributed by atoms with Gasteiger partial charge in [0.2, 0.25) is 0 Å². The second kappa shape index (κ2) is 6.37. The fourth-order valence-corrected chi connectivity index (χ4v) is 6.16. The van der Waals surface area contributed by atoms with Crippen LogP contribution in [-0.2, 0) is 0 Å². The smallest absolute Gasteiger partial charge is 0.0837 e. The van der Waals surface area contributed by atoms with E-state index in [1.54, 1.807) is 5.57 Å². The summed E-state index contributed by atoms with van der Waals surface area (Å²) < 4.78 is 0. The van der Waals surface area contributed by atoms with E-state index in [1.807, 2.05) is 0 Å². The number of allylic oxidation sites excluding steroid dienone is 8. The van der Waals surface area contributed by atoms with Crippen molar-refractivity contribution < 1.29 is 0 Å². The highest BCUT2D eigenvalue weighted by molar-refractivity contribution is 6.59. The van der Waals surface area contributed by atoms with Crippen molar-refractivity contribution in [3.05, 3.63) is 76.9 Å². The molecule has 1 heteroatoms. The highest BCUT2D eigenvalue weighted by Gasteiger charge is 2.41. The van der Waals surface area contributed by atoms with E-state index in [0.29, 0.717) is 0 Å². The zero-order valence-corrected chi connectivity index (χ0v) is 16.6. The number of rotatable bonds is 4. The summed E-state index contributed by atoms with van der Waals surface area (Å²) in [4.78, 5) is 0. The molecule has 0 nitrogen and oxygen atoms in total. The molecule has 2 atom stereocenters. The fraction of sp³-hybridized carbons (Fsp3) is 0.391. The van der Waals surface area contributed by atoms with Gasteiger partial charge in [-0.2, -0.15) is 0 Å². The Bertz CT molecular complexity index is 762. The maximum Gasteiger partial charge on any atom is 0.0983 e. The third-order valence-corrected chi connectivity index (χ3v) is 7.77. The first-order chi connectivity index (χ1) is 11.4. The molecular formula is C23H28Si. The fourth-order valence-electron chi connectivity index (χ4n) is 4.07. The summed E-state index contributed by atoms with van der Waals surface area (Å²) in [5.41, 5.74) is 6.20. The van der Waals surface area contributed by atoms with Gasteiger partial charge in [0, 0.05) is 5.04 Å². The molecule has 0 saturated carbocycles. The van der Waals surface area contributed by atoms with Crippen molar-refractivity contribution in [3.8, 4) is 0 Å². The van der Waals surface area contributed by atoms with Crippen LogP contribution in [0, 0.1) is 12.3 Å². The van der Waals surface area contributed by atoms with Crippen LogP contribution in [0.5, 0.6) is 0 Å². The zero-order chi connectivity index (χ0) is 17.4. The summed E-state index contributed by atoms with van der Waals surface area (Å²) in [7, 11) is 0.792. The van der Waals surface area contributed by atoms with Gasteiger partial charge in [-0.1, -0.05) is 83.5 Å². The SMILES string of the molecule is CC1=CC(CC2(C)C=CC=CC2)([Si]c2ccccc2C)C(C)=C1C. The van der Waals surface area contributed by atoms with E-state index in [2.05, 4.69) is 89.3 Å². The lowest BCUT2D eigenvalue weighted by atomic mass is 9.74. The molecule has 0 spiro atoms. The Hall–Kier alpha value is -1.60. The van der Waals surface area contributed by atoms with Crippen LogP contribution in [0.15, 0.2) is 71.4 Å². The number of hydrogen-bond donors (Lipinski definition) is 0.